The van der Waals surface area contributed by atoms with Crippen LogP contribution in [0.15, 0.2) is 12.1 Å². The first-order valence-corrected chi connectivity index (χ1v) is 5.00. The largest absolute Gasteiger partial charge is 0.478 e. The minimum atomic E-state index is -1.60. The van der Waals surface area contributed by atoms with E-state index in [4.69, 9.17) is 21.9 Å². The highest BCUT2D eigenvalue weighted by atomic mass is 16.4. The second kappa shape index (κ2) is 5.77. The number of hydrazine groups is 2. The molecule has 0 aromatic heterocycles. The van der Waals surface area contributed by atoms with Gasteiger partial charge in [0.1, 0.15) is 0 Å². The number of hydrogen-bond donors (Lipinski definition) is 6. The number of nitrogen functional groups attached to an aromatic ring is 2. The van der Waals surface area contributed by atoms with E-state index in [0.717, 1.165) is 12.1 Å². The molecule has 1 aromatic rings. The molecule has 0 fully saturated rings. The van der Waals surface area contributed by atoms with Crippen molar-refractivity contribution < 1.29 is 29.4 Å². The van der Waals surface area contributed by atoms with Crippen molar-refractivity contribution in [3.63, 3.8) is 0 Å². The van der Waals surface area contributed by atoms with Gasteiger partial charge in [-0.2, -0.15) is 0 Å². The molecule has 0 atom stereocenters. The highest BCUT2D eigenvalue weighted by molar-refractivity contribution is 6.14. The van der Waals surface area contributed by atoms with Crippen molar-refractivity contribution in [3.05, 3.63) is 34.4 Å². The second-order valence-corrected chi connectivity index (χ2v) is 3.50. The summed E-state index contributed by atoms with van der Waals surface area (Å²) in [5.41, 5.74) is 1.07. The van der Waals surface area contributed by atoms with Crippen molar-refractivity contribution in [2.75, 3.05) is 0 Å². The molecule has 1 rings (SSSR count). The number of aromatic carboxylic acids is 2. The fraction of sp³-hybridized carbons (Fsp3) is 0. The molecule has 0 spiro atoms. The molecule has 20 heavy (non-hydrogen) atoms. The number of rotatable bonds is 4. The molecule has 0 saturated heterocycles. The topological polar surface area (TPSA) is 185 Å². The van der Waals surface area contributed by atoms with E-state index in [9.17, 15) is 19.2 Å². The van der Waals surface area contributed by atoms with Gasteiger partial charge in [0.2, 0.25) is 0 Å². The number of nitrogens with two attached hydrogens (primary N) is 2. The lowest BCUT2D eigenvalue weighted by Crippen LogP contribution is -2.36. The van der Waals surface area contributed by atoms with Gasteiger partial charge in [-0.25, -0.2) is 21.3 Å². The van der Waals surface area contributed by atoms with Gasteiger partial charge in [0, 0.05) is 0 Å². The second-order valence-electron chi connectivity index (χ2n) is 3.50. The first-order valence-electron chi connectivity index (χ1n) is 5.00. The summed E-state index contributed by atoms with van der Waals surface area (Å²) >= 11 is 0. The Bertz CT molecular complexity index is 612. The van der Waals surface area contributed by atoms with Crippen molar-refractivity contribution in [1.82, 2.24) is 10.9 Å². The molecule has 2 amide bonds. The van der Waals surface area contributed by atoms with E-state index in [1.54, 1.807) is 10.9 Å². The van der Waals surface area contributed by atoms with Gasteiger partial charge < -0.3 is 10.2 Å². The third-order valence-electron chi connectivity index (χ3n) is 2.35. The SMILES string of the molecule is NNC(=O)c1cc(C(=O)O)cc(C(=O)O)c1C(=O)NN. The van der Waals surface area contributed by atoms with E-state index in [0.29, 0.717) is 0 Å². The zero-order valence-electron chi connectivity index (χ0n) is 9.84. The van der Waals surface area contributed by atoms with Crippen LogP contribution < -0.4 is 22.5 Å². The van der Waals surface area contributed by atoms with Crippen molar-refractivity contribution in [3.8, 4) is 0 Å². The average Bonchev–Trinajstić information content (AvgIpc) is 2.43. The lowest BCUT2D eigenvalue weighted by Gasteiger charge is -2.11. The van der Waals surface area contributed by atoms with Crippen LogP contribution in [0.1, 0.15) is 41.4 Å². The van der Waals surface area contributed by atoms with Gasteiger partial charge in [0.15, 0.2) is 0 Å². The van der Waals surface area contributed by atoms with Crippen LogP contribution in [0.4, 0.5) is 0 Å². The van der Waals surface area contributed by atoms with Crippen LogP contribution in [0.25, 0.3) is 0 Å². The molecule has 10 nitrogen and oxygen atoms in total. The molecule has 0 radical (unpaired) electrons. The average molecular weight is 282 g/mol. The molecule has 0 saturated carbocycles. The molecule has 8 N–H and O–H groups in total. The number of benzene rings is 1. The number of amides is 2. The van der Waals surface area contributed by atoms with Gasteiger partial charge in [0.05, 0.1) is 22.3 Å². The first-order chi connectivity index (χ1) is 9.33. The van der Waals surface area contributed by atoms with E-state index >= 15 is 0 Å². The van der Waals surface area contributed by atoms with E-state index < -0.39 is 46.0 Å². The van der Waals surface area contributed by atoms with E-state index in [1.807, 2.05) is 0 Å². The van der Waals surface area contributed by atoms with Gasteiger partial charge in [-0.15, -0.1) is 0 Å². The van der Waals surface area contributed by atoms with E-state index in [-0.39, 0.29) is 0 Å². The van der Waals surface area contributed by atoms with Crippen LogP contribution in [-0.4, -0.2) is 34.0 Å². The predicted molar refractivity (Wildman–Crippen MR) is 63.7 cm³/mol. The third-order valence-corrected chi connectivity index (χ3v) is 2.35. The monoisotopic (exact) mass is 282 g/mol. The fourth-order valence-corrected chi connectivity index (χ4v) is 1.51. The summed E-state index contributed by atoms with van der Waals surface area (Å²) in [6.45, 7) is 0. The fourth-order valence-electron chi connectivity index (χ4n) is 1.51. The number of carboxylic acids is 2. The van der Waals surface area contributed by atoms with E-state index in [2.05, 4.69) is 0 Å². The molecule has 0 aliphatic rings. The van der Waals surface area contributed by atoms with Crippen LogP contribution in [0, 0.1) is 0 Å². The van der Waals surface area contributed by atoms with Crippen molar-refractivity contribution >= 4 is 23.8 Å². The Morgan fingerprint density at radius 3 is 1.75 bits per heavy atom. The number of carbonyl (C=O) groups is 4. The van der Waals surface area contributed by atoms with Gasteiger partial charge in [0.25, 0.3) is 11.8 Å². The maximum absolute atomic E-state index is 11.6. The minimum Gasteiger partial charge on any atom is -0.478 e. The Kier molecular flexibility index (Phi) is 4.35. The van der Waals surface area contributed by atoms with Crippen LogP contribution in [0.2, 0.25) is 0 Å². The third kappa shape index (κ3) is 2.71. The minimum absolute atomic E-state index is 0.491. The highest BCUT2D eigenvalue weighted by Gasteiger charge is 2.26. The summed E-state index contributed by atoms with van der Waals surface area (Å²) in [7, 11) is 0. The zero-order chi connectivity index (χ0) is 15.4. The predicted octanol–water partition coefficient (Wildman–Crippen LogP) is -1.71. The standard InChI is InChI=1S/C10H10N4O6/c11-13-7(15)4-1-3(9(17)18)2-5(10(19)20)6(4)8(16)14-12/h1-2H,11-12H2,(H,13,15)(H,14,16)(H,17,18)(H,19,20). The lowest BCUT2D eigenvalue weighted by molar-refractivity contribution is 0.0690. The Morgan fingerprint density at radius 1 is 0.850 bits per heavy atom. The Labute approximate surface area is 111 Å². The van der Waals surface area contributed by atoms with Gasteiger partial charge in [-0.1, -0.05) is 0 Å². The van der Waals surface area contributed by atoms with Crippen LogP contribution in [-0.2, 0) is 0 Å². The maximum Gasteiger partial charge on any atom is 0.336 e. The number of carbonyl (C=O) groups excluding carboxylic acids is 2. The quantitative estimate of drug-likeness (QED) is 0.214. The van der Waals surface area contributed by atoms with Crippen LogP contribution in [0.3, 0.4) is 0 Å². The number of carboxylic acid groups (broad SMARTS) is 2. The smallest absolute Gasteiger partial charge is 0.336 e. The molecule has 0 aliphatic heterocycles. The summed E-state index contributed by atoms with van der Waals surface area (Å²) < 4.78 is 0. The summed E-state index contributed by atoms with van der Waals surface area (Å²) in [6.07, 6.45) is 0. The Hall–Kier alpha value is -2.98. The molecule has 0 aliphatic carbocycles. The first kappa shape index (κ1) is 15.1. The van der Waals surface area contributed by atoms with Crippen LogP contribution >= 0.6 is 0 Å². The van der Waals surface area contributed by atoms with Crippen molar-refractivity contribution in [2.24, 2.45) is 11.7 Å². The zero-order valence-corrected chi connectivity index (χ0v) is 9.84. The van der Waals surface area contributed by atoms with Crippen LogP contribution in [0.5, 0.6) is 0 Å². The summed E-state index contributed by atoms with van der Waals surface area (Å²) in [4.78, 5) is 45.2. The molecule has 0 unspecified atom stereocenters. The van der Waals surface area contributed by atoms with Crippen molar-refractivity contribution in [1.29, 1.82) is 0 Å². The lowest BCUT2D eigenvalue weighted by atomic mass is 9.96. The molecular weight excluding hydrogens is 272 g/mol. The van der Waals surface area contributed by atoms with Gasteiger partial charge in [-0.3, -0.25) is 20.4 Å². The molecule has 10 heteroatoms. The van der Waals surface area contributed by atoms with Gasteiger partial charge in [-0.05, 0) is 12.1 Å². The normalized spacial score (nSPS) is 9.70. The Morgan fingerprint density at radius 2 is 1.35 bits per heavy atom. The highest BCUT2D eigenvalue weighted by Crippen LogP contribution is 2.19. The summed E-state index contributed by atoms with van der Waals surface area (Å²) in [6, 6.07) is 1.56. The number of nitrogens with one attached hydrogen (secondary N) is 2. The molecular formula is C10H10N4O6. The molecule has 0 bridgehead atoms. The number of hydrogen-bond acceptors (Lipinski definition) is 6. The van der Waals surface area contributed by atoms with E-state index in [1.165, 1.54) is 0 Å². The molecule has 106 valence electrons. The summed E-state index contributed by atoms with van der Waals surface area (Å²) in [5, 5.41) is 17.9. The molecule has 0 heterocycles. The maximum atomic E-state index is 11.6. The van der Waals surface area contributed by atoms with Gasteiger partial charge >= 0.3 is 11.9 Å². The Balaban J connectivity index is 3.75. The van der Waals surface area contributed by atoms with Crippen molar-refractivity contribution in [2.45, 2.75) is 0 Å². The summed E-state index contributed by atoms with van der Waals surface area (Å²) in [5.74, 6) is 4.64. The molecule has 1 aromatic carbocycles.